The van der Waals surface area contributed by atoms with E-state index in [1.807, 2.05) is 0 Å². The van der Waals surface area contributed by atoms with E-state index in [1.165, 1.54) is 12.3 Å². The minimum absolute atomic E-state index is 0.0274. The average molecular weight is 256 g/mol. The quantitative estimate of drug-likeness (QED) is 0.862. The van der Waals surface area contributed by atoms with E-state index in [4.69, 9.17) is 10.5 Å². The highest BCUT2D eigenvalue weighted by atomic mass is 32.2. The molecule has 0 bridgehead atoms. The average Bonchev–Trinajstić information content (AvgIpc) is 2.63. The van der Waals surface area contributed by atoms with Crippen LogP contribution >= 0.6 is 0 Å². The van der Waals surface area contributed by atoms with E-state index in [2.05, 4.69) is 4.98 Å². The van der Waals surface area contributed by atoms with Gasteiger partial charge in [-0.15, -0.1) is 0 Å². The first-order chi connectivity index (χ1) is 7.97. The summed E-state index contributed by atoms with van der Waals surface area (Å²) in [6.07, 6.45) is 5.16. The minimum Gasteiger partial charge on any atom is -0.473 e. The molecule has 94 valence electrons. The molecule has 2 unspecified atom stereocenters. The van der Waals surface area contributed by atoms with Crippen LogP contribution in [0.5, 0.6) is 5.88 Å². The van der Waals surface area contributed by atoms with Crippen molar-refractivity contribution in [2.75, 3.05) is 6.26 Å². The Labute approximate surface area is 101 Å². The molecule has 1 fully saturated rings. The summed E-state index contributed by atoms with van der Waals surface area (Å²) in [6.45, 7) is 0. The van der Waals surface area contributed by atoms with Crippen LogP contribution in [0.4, 0.5) is 0 Å². The number of nitrogens with two attached hydrogens (primary N) is 1. The number of hydrogen-bond donors (Lipinski definition) is 1. The molecule has 2 rings (SSSR count). The van der Waals surface area contributed by atoms with Crippen LogP contribution in [0.3, 0.4) is 0 Å². The number of nitrogens with zero attached hydrogens (tertiary/aromatic N) is 1. The molecule has 2 N–H and O–H groups in total. The Kier molecular flexibility index (Phi) is 3.35. The van der Waals surface area contributed by atoms with Gasteiger partial charge in [-0.25, -0.2) is 13.4 Å². The van der Waals surface area contributed by atoms with Crippen molar-refractivity contribution in [1.82, 2.24) is 4.98 Å². The molecule has 6 heteroatoms. The number of sulfone groups is 1. The van der Waals surface area contributed by atoms with Crippen molar-refractivity contribution in [2.45, 2.75) is 36.3 Å². The van der Waals surface area contributed by atoms with Gasteiger partial charge >= 0.3 is 0 Å². The van der Waals surface area contributed by atoms with Gasteiger partial charge in [-0.3, -0.25) is 0 Å². The molecule has 1 aromatic rings. The standard InChI is InChI=1S/C11H16N2O3S/c1-17(14,15)10-3-2-6-13-11(10)16-9-5-4-8(12)7-9/h2-3,6,8-9H,4-5,7,12H2,1H3. The predicted molar refractivity (Wildman–Crippen MR) is 63.6 cm³/mol. The first-order valence-electron chi connectivity index (χ1n) is 5.54. The third kappa shape index (κ3) is 2.95. The normalized spacial score (nSPS) is 24.8. The van der Waals surface area contributed by atoms with Gasteiger partial charge < -0.3 is 10.5 Å². The number of pyridine rings is 1. The van der Waals surface area contributed by atoms with Crippen LogP contribution in [0.15, 0.2) is 23.2 Å². The van der Waals surface area contributed by atoms with E-state index in [9.17, 15) is 8.42 Å². The maximum atomic E-state index is 11.5. The van der Waals surface area contributed by atoms with Gasteiger partial charge in [-0.05, 0) is 31.4 Å². The van der Waals surface area contributed by atoms with E-state index in [0.717, 1.165) is 25.5 Å². The highest BCUT2D eigenvalue weighted by Crippen LogP contribution is 2.26. The molecule has 0 aliphatic heterocycles. The Hall–Kier alpha value is -1.14. The fraction of sp³-hybridized carbons (Fsp3) is 0.545. The monoisotopic (exact) mass is 256 g/mol. The van der Waals surface area contributed by atoms with Crippen molar-refractivity contribution >= 4 is 9.84 Å². The molecular formula is C11H16N2O3S. The van der Waals surface area contributed by atoms with E-state index in [0.29, 0.717) is 0 Å². The van der Waals surface area contributed by atoms with Gasteiger partial charge in [0.25, 0.3) is 0 Å². The number of ether oxygens (including phenoxy) is 1. The van der Waals surface area contributed by atoms with Crippen LogP contribution in [0.1, 0.15) is 19.3 Å². The van der Waals surface area contributed by atoms with Gasteiger partial charge in [0, 0.05) is 18.5 Å². The highest BCUT2D eigenvalue weighted by Gasteiger charge is 2.25. The predicted octanol–water partition coefficient (Wildman–Crippen LogP) is 0.744. The van der Waals surface area contributed by atoms with E-state index in [1.54, 1.807) is 6.07 Å². The Balaban J connectivity index is 2.21. The van der Waals surface area contributed by atoms with E-state index in [-0.39, 0.29) is 22.9 Å². The maximum Gasteiger partial charge on any atom is 0.232 e. The van der Waals surface area contributed by atoms with Crippen LogP contribution in [-0.2, 0) is 9.84 Å². The van der Waals surface area contributed by atoms with E-state index >= 15 is 0 Å². The molecule has 17 heavy (non-hydrogen) atoms. The third-order valence-corrected chi connectivity index (χ3v) is 3.95. The molecular weight excluding hydrogens is 240 g/mol. The molecule has 5 nitrogen and oxygen atoms in total. The second kappa shape index (κ2) is 4.62. The SMILES string of the molecule is CS(=O)(=O)c1cccnc1OC1CCC(N)C1. The molecule has 1 aliphatic rings. The molecule has 1 heterocycles. The first kappa shape index (κ1) is 12.3. The number of hydrogen-bond acceptors (Lipinski definition) is 5. The van der Waals surface area contributed by atoms with Gasteiger partial charge in [0.1, 0.15) is 11.0 Å². The van der Waals surface area contributed by atoms with Gasteiger partial charge in [-0.1, -0.05) is 0 Å². The smallest absolute Gasteiger partial charge is 0.232 e. The third-order valence-electron chi connectivity index (χ3n) is 2.84. The molecule has 1 aromatic heterocycles. The van der Waals surface area contributed by atoms with Crippen molar-refractivity contribution in [3.05, 3.63) is 18.3 Å². The molecule has 1 saturated carbocycles. The van der Waals surface area contributed by atoms with Gasteiger partial charge in [0.15, 0.2) is 9.84 Å². The van der Waals surface area contributed by atoms with Crippen LogP contribution in [0, 0.1) is 0 Å². The molecule has 0 radical (unpaired) electrons. The zero-order valence-electron chi connectivity index (χ0n) is 9.67. The Morgan fingerprint density at radius 3 is 2.82 bits per heavy atom. The highest BCUT2D eigenvalue weighted by molar-refractivity contribution is 7.90. The summed E-state index contributed by atoms with van der Waals surface area (Å²) in [4.78, 5) is 4.13. The molecule has 2 atom stereocenters. The largest absolute Gasteiger partial charge is 0.473 e. The Morgan fingerprint density at radius 1 is 1.47 bits per heavy atom. The lowest BCUT2D eigenvalue weighted by Crippen LogP contribution is -2.20. The molecule has 0 aromatic carbocycles. The van der Waals surface area contributed by atoms with Crippen LogP contribution in [0.25, 0.3) is 0 Å². The summed E-state index contributed by atoms with van der Waals surface area (Å²) in [7, 11) is -3.31. The van der Waals surface area contributed by atoms with Crippen LogP contribution in [0.2, 0.25) is 0 Å². The van der Waals surface area contributed by atoms with Crippen LogP contribution < -0.4 is 10.5 Å². The lowest BCUT2D eigenvalue weighted by Gasteiger charge is -2.14. The van der Waals surface area contributed by atoms with Crippen molar-refractivity contribution in [2.24, 2.45) is 5.73 Å². The molecule has 0 spiro atoms. The lowest BCUT2D eigenvalue weighted by atomic mass is 10.3. The summed E-state index contributed by atoms with van der Waals surface area (Å²) >= 11 is 0. The second-order valence-electron chi connectivity index (χ2n) is 4.39. The summed E-state index contributed by atoms with van der Waals surface area (Å²) in [5.41, 5.74) is 5.78. The van der Waals surface area contributed by atoms with Crippen molar-refractivity contribution in [1.29, 1.82) is 0 Å². The Bertz CT molecular complexity index is 501. The fourth-order valence-corrected chi connectivity index (χ4v) is 2.73. The van der Waals surface area contributed by atoms with Crippen LogP contribution in [-0.4, -0.2) is 31.8 Å². The molecule has 0 amide bonds. The number of rotatable bonds is 3. The first-order valence-corrected chi connectivity index (χ1v) is 7.43. The van der Waals surface area contributed by atoms with E-state index < -0.39 is 9.84 Å². The summed E-state index contributed by atoms with van der Waals surface area (Å²) in [5.74, 6) is 0.189. The van der Waals surface area contributed by atoms with Gasteiger partial charge in [0.05, 0.1) is 0 Å². The number of aromatic nitrogens is 1. The van der Waals surface area contributed by atoms with Gasteiger partial charge in [0.2, 0.25) is 5.88 Å². The summed E-state index contributed by atoms with van der Waals surface area (Å²) < 4.78 is 28.7. The zero-order valence-corrected chi connectivity index (χ0v) is 10.5. The Morgan fingerprint density at radius 2 is 2.24 bits per heavy atom. The van der Waals surface area contributed by atoms with Crippen molar-refractivity contribution in [3.8, 4) is 5.88 Å². The topological polar surface area (TPSA) is 82.3 Å². The van der Waals surface area contributed by atoms with Crippen molar-refractivity contribution in [3.63, 3.8) is 0 Å². The lowest BCUT2D eigenvalue weighted by molar-refractivity contribution is 0.194. The molecule has 0 saturated heterocycles. The minimum atomic E-state index is -3.31. The summed E-state index contributed by atoms with van der Waals surface area (Å²) in [5, 5.41) is 0. The second-order valence-corrected chi connectivity index (χ2v) is 6.38. The fourth-order valence-electron chi connectivity index (χ4n) is 1.99. The van der Waals surface area contributed by atoms with Crippen molar-refractivity contribution < 1.29 is 13.2 Å². The summed E-state index contributed by atoms with van der Waals surface area (Å²) in [6, 6.07) is 3.24. The van der Waals surface area contributed by atoms with Gasteiger partial charge in [-0.2, -0.15) is 0 Å². The maximum absolute atomic E-state index is 11.5. The molecule has 1 aliphatic carbocycles. The zero-order chi connectivity index (χ0) is 12.5.